The number of anilines is 1. The molecular weight excluding hydrogens is 344 g/mol. The van der Waals surface area contributed by atoms with Crippen LogP contribution in [0.2, 0.25) is 0 Å². The highest BCUT2D eigenvalue weighted by Gasteiger charge is 2.12. The maximum Gasteiger partial charge on any atom is 0.259 e. The van der Waals surface area contributed by atoms with Crippen molar-refractivity contribution in [1.29, 1.82) is 0 Å². The van der Waals surface area contributed by atoms with Crippen LogP contribution in [0.3, 0.4) is 0 Å². The van der Waals surface area contributed by atoms with Crippen molar-refractivity contribution in [3.8, 4) is 22.7 Å². The first-order valence-electron chi connectivity index (χ1n) is 8.59. The molecule has 0 aliphatic rings. The summed E-state index contributed by atoms with van der Waals surface area (Å²) in [4.78, 5) is 12.8. The molecule has 8 heteroatoms. The van der Waals surface area contributed by atoms with Crippen LogP contribution < -0.4 is 5.32 Å². The second kappa shape index (κ2) is 7.36. The first-order valence-corrected chi connectivity index (χ1v) is 8.59. The van der Waals surface area contributed by atoms with Crippen molar-refractivity contribution in [1.82, 2.24) is 25.3 Å². The lowest BCUT2D eigenvalue weighted by molar-refractivity contribution is 0.390. The lowest BCUT2D eigenvalue weighted by Crippen LogP contribution is -2.00. The van der Waals surface area contributed by atoms with Crippen LogP contribution in [0.4, 0.5) is 5.82 Å². The van der Waals surface area contributed by atoms with Gasteiger partial charge in [0.2, 0.25) is 0 Å². The molecule has 136 valence electrons. The first kappa shape index (κ1) is 16.9. The lowest BCUT2D eigenvalue weighted by atomic mass is 10.2. The number of nitrogens with zero attached hydrogens (tertiary/aromatic N) is 5. The molecule has 1 N–H and O–H groups in total. The molecule has 4 aromatic rings. The molecule has 0 amide bonds. The Balaban J connectivity index is 1.40. The molecule has 4 aromatic heterocycles. The van der Waals surface area contributed by atoms with Crippen LogP contribution in [0.25, 0.3) is 22.7 Å². The van der Waals surface area contributed by atoms with Crippen molar-refractivity contribution in [3.63, 3.8) is 0 Å². The van der Waals surface area contributed by atoms with Crippen molar-refractivity contribution in [2.24, 2.45) is 0 Å². The van der Waals surface area contributed by atoms with E-state index in [1.165, 1.54) is 0 Å². The molecule has 0 atom stereocenters. The minimum absolute atomic E-state index is 0.217. The van der Waals surface area contributed by atoms with Gasteiger partial charge in [0.1, 0.15) is 11.5 Å². The van der Waals surface area contributed by atoms with E-state index in [1.807, 2.05) is 44.2 Å². The second-order valence-corrected chi connectivity index (χ2v) is 6.32. The van der Waals surface area contributed by atoms with Crippen LogP contribution in [0.5, 0.6) is 0 Å². The van der Waals surface area contributed by atoms with Gasteiger partial charge >= 0.3 is 0 Å². The third-order valence-electron chi connectivity index (χ3n) is 3.93. The van der Waals surface area contributed by atoms with Gasteiger partial charge in [-0.25, -0.2) is 4.98 Å². The van der Waals surface area contributed by atoms with Crippen LogP contribution in [0.15, 0.2) is 58.0 Å². The van der Waals surface area contributed by atoms with Crippen LogP contribution in [-0.4, -0.2) is 25.3 Å². The van der Waals surface area contributed by atoms with Crippen molar-refractivity contribution in [3.05, 3.63) is 60.5 Å². The summed E-state index contributed by atoms with van der Waals surface area (Å²) in [7, 11) is 0. The van der Waals surface area contributed by atoms with E-state index >= 15 is 0 Å². The van der Waals surface area contributed by atoms with Gasteiger partial charge in [0, 0.05) is 36.1 Å². The zero-order valence-electron chi connectivity index (χ0n) is 15.0. The standard InChI is InChI=1S/C19H18N6O2/c1-12(2)18-23-19(27-25-18)14-5-6-17(21-10-14)22-11-15-8-16(24-26-15)13-4-3-7-20-9-13/h3-10,12H,11H2,1-2H3,(H,21,22). The van der Waals surface area contributed by atoms with Gasteiger partial charge in [-0.1, -0.05) is 24.2 Å². The van der Waals surface area contributed by atoms with E-state index in [4.69, 9.17) is 9.05 Å². The summed E-state index contributed by atoms with van der Waals surface area (Å²) in [5.74, 6) is 2.78. The third-order valence-corrected chi connectivity index (χ3v) is 3.93. The summed E-state index contributed by atoms with van der Waals surface area (Å²) < 4.78 is 10.6. The largest absolute Gasteiger partial charge is 0.363 e. The van der Waals surface area contributed by atoms with Gasteiger partial charge in [-0.05, 0) is 24.3 Å². The maximum atomic E-state index is 5.36. The molecule has 0 saturated heterocycles. The SMILES string of the molecule is CC(C)c1noc(-c2ccc(NCc3cc(-c4cccnc4)no3)nc2)n1. The van der Waals surface area contributed by atoms with E-state index in [-0.39, 0.29) is 5.92 Å². The van der Waals surface area contributed by atoms with Crippen molar-refractivity contribution >= 4 is 5.82 Å². The molecule has 8 nitrogen and oxygen atoms in total. The molecule has 0 aliphatic heterocycles. The van der Waals surface area contributed by atoms with Crippen molar-refractivity contribution in [2.45, 2.75) is 26.3 Å². The quantitative estimate of drug-likeness (QED) is 0.550. The predicted molar refractivity (Wildman–Crippen MR) is 98.7 cm³/mol. The summed E-state index contributed by atoms with van der Waals surface area (Å²) in [6.07, 6.45) is 5.16. The number of hydrogen-bond donors (Lipinski definition) is 1. The van der Waals surface area contributed by atoms with Gasteiger partial charge in [-0.2, -0.15) is 4.98 Å². The van der Waals surface area contributed by atoms with Crippen LogP contribution in [-0.2, 0) is 6.54 Å². The molecular formula is C19H18N6O2. The summed E-state index contributed by atoms with van der Waals surface area (Å²) in [6.45, 7) is 4.50. The summed E-state index contributed by atoms with van der Waals surface area (Å²) in [5.41, 5.74) is 2.44. The molecule has 0 aliphatic carbocycles. The Labute approximate surface area is 155 Å². The maximum absolute atomic E-state index is 5.36. The minimum atomic E-state index is 0.217. The van der Waals surface area contributed by atoms with Gasteiger partial charge < -0.3 is 14.4 Å². The fourth-order valence-electron chi connectivity index (χ4n) is 2.44. The Morgan fingerprint density at radius 3 is 2.67 bits per heavy atom. The van der Waals surface area contributed by atoms with Gasteiger partial charge in [-0.3, -0.25) is 4.98 Å². The molecule has 0 fully saturated rings. The fourth-order valence-corrected chi connectivity index (χ4v) is 2.44. The molecule has 27 heavy (non-hydrogen) atoms. The van der Waals surface area contributed by atoms with E-state index < -0.39 is 0 Å². The van der Waals surface area contributed by atoms with Crippen LogP contribution >= 0.6 is 0 Å². The van der Waals surface area contributed by atoms with E-state index in [1.54, 1.807) is 18.6 Å². The highest BCUT2D eigenvalue weighted by Crippen LogP contribution is 2.21. The van der Waals surface area contributed by atoms with Crippen LogP contribution in [0, 0.1) is 0 Å². The van der Waals surface area contributed by atoms with Gasteiger partial charge in [0.25, 0.3) is 5.89 Å². The normalized spacial score (nSPS) is 11.1. The summed E-state index contributed by atoms with van der Waals surface area (Å²) in [5, 5.41) is 11.2. The highest BCUT2D eigenvalue weighted by molar-refractivity contribution is 5.57. The molecule has 4 heterocycles. The van der Waals surface area contributed by atoms with Crippen LogP contribution in [0.1, 0.15) is 31.4 Å². The molecule has 0 spiro atoms. The summed E-state index contributed by atoms with van der Waals surface area (Å²) >= 11 is 0. The van der Waals surface area contributed by atoms with Gasteiger partial charge in [0.15, 0.2) is 11.6 Å². The molecule has 0 aromatic carbocycles. The van der Waals surface area contributed by atoms with E-state index in [2.05, 4.69) is 30.6 Å². The topological polar surface area (TPSA) is 103 Å². The number of nitrogens with one attached hydrogen (secondary N) is 1. The van der Waals surface area contributed by atoms with E-state index in [0.717, 1.165) is 16.8 Å². The lowest BCUT2D eigenvalue weighted by Gasteiger charge is -2.02. The van der Waals surface area contributed by atoms with Gasteiger partial charge in [0.05, 0.1) is 12.1 Å². The van der Waals surface area contributed by atoms with E-state index in [9.17, 15) is 0 Å². The Bertz CT molecular complexity index is 1010. The number of aromatic nitrogens is 5. The zero-order valence-corrected chi connectivity index (χ0v) is 15.0. The monoisotopic (exact) mass is 362 g/mol. The average Bonchev–Trinajstić information content (AvgIpc) is 3.37. The molecule has 0 saturated carbocycles. The minimum Gasteiger partial charge on any atom is -0.363 e. The smallest absolute Gasteiger partial charge is 0.259 e. The van der Waals surface area contributed by atoms with E-state index in [0.29, 0.717) is 29.8 Å². The zero-order chi connectivity index (χ0) is 18.6. The number of rotatable bonds is 6. The molecule has 0 bridgehead atoms. The Kier molecular flexibility index (Phi) is 4.61. The van der Waals surface area contributed by atoms with Crippen molar-refractivity contribution < 1.29 is 9.05 Å². The third kappa shape index (κ3) is 3.84. The molecule has 0 radical (unpaired) electrons. The molecule has 0 unspecified atom stereocenters. The number of pyridine rings is 2. The molecule has 4 rings (SSSR count). The Morgan fingerprint density at radius 1 is 1.04 bits per heavy atom. The summed E-state index contributed by atoms with van der Waals surface area (Å²) in [6, 6.07) is 9.41. The second-order valence-electron chi connectivity index (χ2n) is 6.32. The van der Waals surface area contributed by atoms with Crippen molar-refractivity contribution in [2.75, 3.05) is 5.32 Å². The van der Waals surface area contributed by atoms with Gasteiger partial charge in [-0.15, -0.1) is 0 Å². The Morgan fingerprint density at radius 2 is 1.96 bits per heavy atom. The predicted octanol–water partition coefficient (Wildman–Crippen LogP) is 3.92. The Hall–Kier alpha value is -3.55. The highest BCUT2D eigenvalue weighted by atomic mass is 16.5. The number of hydrogen-bond acceptors (Lipinski definition) is 8. The first-order chi connectivity index (χ1) is 13.2. The average molecular weight is 362 g/mol. The fraction of sp³-hybridized carbons (Fsp3) is 0.211.